The van der Waals surface area contributed by atoms with Crippen LogP contribution in [-0.4, -0.2) is 99.6 Å². The van der Waals surface area contributed by atoms with E-state index in [4.69, 9.17) is 14.2 Å². The molecule has 0 bridgehead atoms. The highest BCUT2D eigenvalue weighted by atomic mass is 16.7. The molecule has 0 aromatic carbocycles. The second-order valence-corrected chi connectivity index (χ2v) is 24.6. The quantitative estimate of drug-likeness (QED) is 0.0195. The molecule has 6 N–H and O–H groups in total. The Kier molecular flexibility index (Phi) is 59.9. The van der Waals surface area contributed by atoms with E-state index in [-0.39, 0.29) is 19.4 Å². The monoisotopic (exact) mass is 1240 g/mol. The van der Waals surface area contributed by atoms with E-state index in [1.165, 1.54) is 116 Å². The number of allylic oxidation sites excluding steroid dienone is 19. The number of ether oxygens (including phenoxy) is 3. The molecule has 11 nitrogen and oxygen atoms in total. The Morgan fingerprint density at radius 2 is 0.809 bits per heavy atom. The minimum atomic E-state index is -1.63. The minimum Gasteiger partial charge on any atom is -0.454 e. The third-order valence-electron chi connectivity index (χ3n) is 16.3. The zero-order valence-corrected chi connectivity index (χ0v) is 56.8. The summed E-state index contributed by atoms with van der Waals surface area (Å²) in [6.07, 6.45) is 79.4. The number of hydrogen-bond acceptors (Lipinski definition) is 10. The predicted molar refractivity (Wildman–Crippen MR) is 374 cm³/mol. The summed E-state index contributed by atoms with van der Waals surface area (Å²) in [6.45, 7) is 5.66. The average Bonchev–Trinajstić information content (AvgIpc) is 3.11. The number of esters is 1. The SMILES string of the molecule is CC/C=C\C/C=C\C/C=C\C/C=C\C/C=C\C/C=C\CCCCCCCC(O)C(=O)NC(COC1OC(CO)C(O)C(O)C1OC(=O)CCCCCCCCCCCC/C=C\C/C=C\C/C=C\CCCCC)C(O)/C=C/CCCCCCCCCCCCC. The summed E-state index contributed by atoms with van der Waals surface area (Å²) < 4.78 is 17.7. The summed E-state index contributed by atoms with van der Waals surface area (Å²) in [7, 11) is 0. The lowest BCUT2D eigenvalue weighted by atomic mass is 9.99. The lowest BCUT2D eigenvalue weighted by Gasteiger charge is -2.41. The Balaban J connectivity index is 2.61. The van der Waals surface area contributed by atoms with Crippen LogP contribution in [0.4, 0.5) is 0 Å². The third kappa shape index (κ3) is 51.3. The number of unbranched alkanes of at least 4 members (excludes halogenated alkanes) is 29. The average molecular weight is 1240 g/mol. The van der Waals surface area contributed by atoms with Gasteiger partial charge in [0.15, 0.2) is 12.4 Å². The largest absolute Gasteiger partial charge is 0.454 e. The summed E-state index contributed by atoms with van der Waals surface area (Å²) >= 11 is 0. The van der Waals surface area contributed by atoms with E-state index in [0.29, 0.717) is 12.8 Å². The zero-order valence-electron chi connectivity index (χ0n) is 56.8. The Morgan fingerprint density at radius 1 is 0.449 bits per heavy atom. The first-order valence-corrected chi connectivity index (χ1v) is 36.3. The second-order valence-electron chi connectivity index (χ2n) is 24.6. The van der Waals surface area contributed by atoms with Crippen LogP contribution in [0.1, 0.15) is 297 Å². The summed E-state index contributed by atoms with van der Waals surface area (Å²) in [5, 5.41) is 57.3. The molecule has 1 amide bonds. The maximum absolute atomic E-state index is 13.5. The number of nitrogens with one attached hydrogen (secondary N) is 1. The Hall–Kier alpha value is -3.94. The standard InChI is InChI=1S/C78H133NO10/c1-4-7-10-13-16-19-22-25-27-29-31-33-35-37-38-40-42-44-47-50-53-56-59-62-65-71(82)77(86)79-69(70(81)64-61-58-55-52-49-46-24-21-18-15-12-9-6-3)68-87-78-76(75(85)74(84)72(67-80)88-78)89-73(83)66-63-60-57-54-51-48-45-43-41-39-36-34-32-30-28-26-23-20-17-14-11-8-5-2/h7,10,16-17,19-20,25-28,31-34,37-38,42,44,61,64,69-72,74-76,78,80-82,84-85H,4-6,8-9,11-15,18,21-24,29-30,35-36,39-41,43,45-60,62-63,65-68H2,1-3H3,(H,79,86)/b10-7-,19-16-,20-17-,27-25-,28-26-,33-31-,34-32-,38-37-,44-42-,64-61+. The van der Waals surface area contributed by atoms with Crippen LogP contribution in [0.3, 0.4) is 0 Å². The topological polar surface area (TPSA) is 175 Å². The lowest BCUT2D eigenvalue weighted by Crippen LogP contribution is -2.61. The first kappa shape index (κ1) is 83.1. The third-order valence-corrected chi connectivity index (χ3v) is 16.3. The molecule has 1 aliphatic heterocycles. The fourth-order valence-corrected chi connectivity index (χ4v) is 10.7. The molecule has 0 aromatic rings. The fraction of sp³-hybridized carbons (Fsp3) is 0.718. The van der Waals surface area contributed by atoms with Crippen molar-refractivity contribution in [2.75, 3.05) is 13.2 Å². The first-order valence-electron chi connectivity index (χ1n) is 36.3. The molecule has 0 spiro atoms. The highest BCUT2D eigenvalue weighted by Crippen LogP contribution is 2.26. The van der Waals surface area contributed by atoms with Crippen molar-refractivity contribution in [1.82, 2.24) is 5.32 Å². The van der Waals surface area contributed by atoms with Gasteiger partial charge in [-0.15, -0.1) is 0 Å². The van der Waals surface area contributed by atoms with Gasteiger partial charge in [0.2, 0.25) is 5.91 Å². The van der Waals surface area contributed by atoms with Gasteiger partial charge in [-0.05, 0) is 116 Å². The highest BCUT2D eigenvalue weighted by molar-refractivity contribution is 5.80. The second kappa shape index (κ2) is 64.2. The number of carbonyl (C=O) groups excluding carboxylic acids is 2. The Morgan fingerprint density at radius 3 is 1.24 bits per heavy atom. The smallest absolute Gasteiger partial charge is 0.306 e. The van der Waals surface area contributed by atoms with Gasteiger partial charge >= 0.3 is 5.97 Å². The van der Waals surface area contributed by atoms with Gasteiger partial charge in [-0.2, -0.15) is 0 Å². The summed E-state index contributed by atoms with van der Waals surface area (Å²) in [5.74, 6) is -1.22. The van der Waals surface area contributed by atoms with Gasteiger partial charge < -0.3 is 45.1 Å². The molecule has 11 heteroatoms. The van der Waals surface area contributed by atoms with Gasteiger partial charge in [-0.25, -0.2) is 0 Å². The molecule has 1 saturated heterocycles. The van der Waals surface area contributed by atoms with Gasteiger partial charge in [-0.1, -0.05) is 296 Å². The molecule has 8 atom stereocenters. The highest BCUT2D eigenvalue weighted by Gasteiger charge is 2.47. The molecule has 0 radical (unpaired) electrons. The van der Waals surface area contributed by atoms with E-state index in [0.717, 1.165) is 135 Å². The van der Waals surface area contributed by atoms with Crippen molar-refractivity contribution in [2.45, 2.75) is 346 Å². The van der Waals surface area contributed by atoms with Gasteiger partial charge in [0.25, 0.3) is 0 Å². The number of aliphatic hydroxyl groups excluding tert-OH is 5. The molecule has 510 valence electrons. The van der Waals surface area contributed by atoms with Crippen LogP contribution >= 0.6 is 0 Å². The number of amides is 1. The molecule has 0 saturated carbocycles. The minimum absolute atomic E-state index is 0.111. The molecule has 0 aromatic heterocycles. The van der Waals surface area contributed by atoms with E-state index < -0.39 is 67.4 Å². The van der Waals surface area contributed by atoms with Crippen LogP contribution in [0.2, 0.25) is 0 Å². The number of carbonyl (C=O) groups is 2. The number of hydrogen-bond donors (Lipinski definition) is 6. The summed E-state index contributed by atoms with van der Waals surface area (Å²) in [4.78, 5) is 26.7. The van der Waals surface area contributed by atoms with E-state index in [9.17, 15) is 35.1 Å². The van der Waals surface area contributed by atoms with Gasteiger partial charge in [-0.3, -0.25) is 9.59 Å². The van der Waals surface area contributed by atoms with E-state index in [2.05, 4.69) is 135 Å². The van der Waals surface area contributed by atoms with E-state index in [1.807, 2.05) is 6.08 Å². The van der Waals surface area contributed by atoms with Crippen molar-refractivity contribution < 1.29 is 49.3 Å². The molecular formula is C78H133NO10. The molecular weight excluding hydrogens is 1110 g/mol. The predicted octanol–water partition coefficient (Wildman–Crippen LogP) is 19.0. The number of rotatable bonds is 61. The first-order chi connectivity index (χ1) is 43.7. The van der Waals surface area contributed by atoms with Crippen LogP contribution in [0.25, 0.3) is 0 Å². The van der Waals surface area contributed by atoms with Crippen molar-refractivity contribution >= 4 is 11.9 Å². The summed E-state index contributed by atoms with van der Waals surface area (Å²) in [5.41, 5.74) is 0. The molecule has 1 heterocycles. The number of aliphatic hydroxyl groups is 5. The lowest BCUT2D eigenvalue weighted by molar-refractivity contribution is -0.305. The normalized spacial score (nSPS) is 18.9. The van der Waals surface area contributed by atoms with Gasteiger partial charge in [0, 0.05) is 6.42 Å². The Bertz CT molecular complexity index is 1920. The molecule has 89 heavy (non-hydrogen) atoms. The summed E-state index contributed by atoms with van der Waals surface area (Å²) in [6, 6.07) is -1.04. The maximum Gasteiger partial charge on any atom is 0.306 e. The Labute approximate surface area is 544 Å². The van der Waals surface area contributed by atoms with Gasteiger partial charge in [0.1, 0.15) is 24.4 Å². The van der Waals surface area contributed by atoms with Crippen molar-refractivity contribution in [3.63, 3.8) is 0 Å². The molecule has 1 aliphatic rings. The maximum atomic E-state index is 13.5. The molecule has 1 fully saturated rings. The van der Waals surface area contributed by atoms with Crippen LogP contribution in [0.5, 0.6) is 0 Å². The van der Waals surface area contributed by atoms with E-state index >= 15 is 0 Å². The van der Waals surface area contributed by atoms with Crippen LogP contribution in [-0.2, 0) is 23.8 Å². The van der Waals surface area contributed by atoms with Crippen LogP contribution in [0.15, 0.2) is 122 Å². The van der Waals surface area contributed by atoms with Crippen molar-refractivity contribution in [2.24, 2.45) is 0 Å². The molecule has 1 rings (SSSR count). The fourth-order valence-electron chi connectivity index (χ4n) is 10.7. The van der Waals surface area contributed by atoms with Crippen LogP contribution < -0.4 is 5.32 Å². The van der Waals surface area contributed by atoms with Crippen molar-refractivity contribution in [3.8, 4) is 0 Å². The van der Waals surface area contributed by atoms with Crippen molar-refractivity contribution in [3.05, 3.63) is 122 Å². The van der Waals surface area contributed by atoms with Gasteiger partial charge in [0.05, 0.1) is 25.4 Å². The zero-order chi connectivity index (χ0) is 64.6. The van der Waals surface area contributed by atoms with Crippen LogP contribution in [0, 0.1) is 0 Å². The molecule has 8 unspecified atom stereocenters. The van der Waals surface area contributed by atoms with Crippen molar-refractivity contribution in [1.29, 1.82) is 0 Å². The van der Waals surface area contributed by atoms with E-state index in [1.54, 1.807) is 6.08 Å². The molecule has 0 aliphatic carbocycles.